The van der Waals surface area contributed by atoms with Crippen LogP contribution in [0.2, 0.25) is 0 Å². The predicted molar refractivity (Wildman–Crippen MR) is 54.1 cm³/mol. The van der Waals surface area contributed by atoms with Gasteiger partial charge in [-0.15, -0.1) is 0 Å². The van der Waals surface area contributed by atoms with Gasteiger partial charge in [-0.1, -0.05) is 12.1 Å². The third-order valence-corrected chi connectivity index (χ3v) is 3.02. The van der Waals surface area contributed by atoms with Crippen molar-refractivity contribution >= 4 is 0 Å². The Bertz CT molecular complexity index is 340. The maximum atomic E-state index is 9.85. The molecule has 0 bridgehead atoms. The second-order valence-corrected chi connectivity index (χ2v) is 3.98. The summed E-state index contributed by atoms with van der Waals surface area (Å²) >= 11 is 0. The lowest BCUT2D eigenvalue weighted by molar-refractivity contribution is 0.107. The molecule has 0 aromatic heterocycles. The molecule has 0 radical (unpaired) electrons. The van der Waals surface area contributed by atoms with E-state index in [2.05, 4.69) is 5.32 Å². The fourth-order valence-corrected chi connectivity index (χ4v) is 2.00. The molecule has 0 aliphatic carbocycles. The summed E-state index contributed by atoms with van der Waals surface area (Å²) < 4.78 is 0. The van der Waals surface area contributed by atoms with Gasteiger partial charge in [-0.3, -0.25) is 0 Å². The summed E-state index contributed by atoms with van der Waals surface area (Å²) in [6.45, 7) is 2.77. The Morgan fingerprint density at radius 3 is 2.86 bits per heavy atom. The Hall–Kier alpha value is -1.06. The van der Waals surface area contributed by atoms with Gasteiger partial charge in [0.15, 0.2) is 0 Å². The van der Waals surface area contributed by atoms with Crippen molar-refractivity contribution in [3.63, 3.8) is 0 Å². The number of aliphatic hydroxyl groups is 1. The Morgan fingerprint density at radius 1 is 1.50 bits per heavy atom. The highest BCUT2D eigenvalue weighted by Gasteiger charge is 2.38. The van der Waals surface area contributed by atoms with E-state index < -0.39 is 5.54 Å². The van der Waals surface area contributed by atoms with E-state index in [1.165, 1.54) is 0 Å². The summed E-state index contributed by atoms with van der Waals surface area (Å²) in [5.74, 6) is 0.240. The highest BCUT2D eigenvalue weighted by Crippen LogP contribution is 2.32. The van der Waals surface area contributed by atoms with Crippen molar-refractivity contribution in [2.75, 3.05) is 6.54 Å². The molecule has 3 N–H and O–H groups in total. The highest BCUT2D eigenvalue weighted by atomic mass is 16.3. The van der Waals surface area contributed by atoms with Crippen LogP contribution in [-0.2, 0) is 5.54 Å². The zero-order valence-corrected chi connectivity index (χ0v) is 8.20. The topological polar surface area (TPSA) is 52.5 Å². The molecule has 0 saturated carbocycles. The van der Waals surface area contributed by atoms with Crippen LogP contribution in [0.15, 0.2) is 24.3 Å². The minimum absolute atomic E-state index is 0.240. The minimum Gasteiger partial charge on any atom is -0.508 e. The lowest BCUT2D eigenvalue weighted by atomic mass is 9.88. The first-order valence-corrected chi connectivity index (χ1v) is 4.85. The molecule has 0 spiro atoms. The number of aromatic hydroxyl groups is 1. The number of benzene rings is 1. The Balaban J connectivity index is 2.38. The second-order valence-electron chi connectivity index (χ2n) is 3.98. The largest absolute Gasteiger partial charge is 0.508 e. The normalized spacial score (nSPS) is 32.0. The maximum Gasteiger partial charge on any atom is 0.115 e. The Morgan fingerprint density at radius 2 is 2.29 bits per heavy atom. The number of nitrogens with one attached hydrogen (secondary N) is 1. The molecule has 2 atom stereocenters. The smallest absolute Gasteiger partial charge is 0.115 e. The summed E-state index contributed by atoms with van der Waals surface area (Å²) in [4.78, 5) is 0. The molecule has 1 aromatic rings. The molecule has 3 heteroatoms. The van der Waals surface area contributed by atoms with E-state index in [0.29, 0.717) is 0 Å². The molecule has 76 valence electrons. The van der Waals surface area contributed by atoms with Crippen molar-refractivity contribution in [2.45, 2.75) is 25.0 Å². The number of phenols is 1. The van der Waals surface area contributed by atoms with Crippen molar-refractivity contribution < 1.29 is 10.2 Å². The van der Waals surface area contributed by atoms with Crippen LogP contribution in [0.1, 0.15) is 18.9 Å². The molecule has 3 nitrogen and oxygen atoms in total. The summed E-state index contributed by atoms with van der Waals surface area (Å²) in [5, 5.41) is 22.5. The van der Waals surface area contributed by atoms with Crippen molar-refractivity contribution in [1.82, 2.24) is 5.32 Å². The summed E-state index contributed by atoms with van der Waals surface area (Å²) in [6.07, 6.45) is 0.371. The van der Waals surface area contributed by atoms with Crippen LogP contribution < -0.4 is 5.32 Å². The summed E-state index contributed by atoms with van der Waals surface area (Å²) in [6, 6.07) is 7.04. The van der Waals surface area contributed by atoms with Crippen LogP contribution in [0, 0.1) is 0 Å². The van der Waals surface area contributed by atoms with Crippen molar-refractivity contribution in [3.8, 4) is 5.75 Å². The van der Waals surface area contributed by atoms with E-state index >= 15 is 0 Å². The van der Waals surface area contributed by atoms with E-state index in [0.717, 1.165) is 18.5 Å². The van der Waals surface area contributed by atoms with Crippen LogP contribution in [0.4, 0.5) is 0 Å². The monoisotopic (exact) mass is 193 g/mol. The van der Waals surface area contributed by atoms with Crippen molar-refractivity contribution in [3.05, 3.63) is 29.8 Å². The lowest BCUT2D eigenvalue weighted by Gasteiger charge is -2.29. The van der Waals surface area contributed by atoms with Gasteiger partial charge in [-0.2, -0.15) is 0 Å². The van der Waals surface area contributed by atoms with Gasteiger partial charge >= 0.3 is 0 Å². The fourth-order valence-electron chi connectivity index (χ4n) is 2.00. The third-order valence-electron chi connectivity index (χ3n) is 3.02. The molecule has 1 heterocycles. The second kappa shape index (κ2) is 3.26. The Kier molecular flexibility index (Phi) is 2.21. The van der Waals surface area contributed by atoms with Gasteiger partial charge in [-0.05, 0) is 37.6 Å². The number of aliphatic hydroxyl groups excluding tert-OH is 1. The first-order valence-electron chi connectivity index (χ1n) is 4.85. The SMILES string of the molecule is CC1(c2cccc(O)c2)NCCC1O. The van der Waals surface area contributed by atoms with E-state index in [-0.39, 0.29) is 11.9 Å². The third kappa shape index (κ3) is 1.38. The average molecular weight is 193 g/mol. The molecule has 0 amide bonds. The van der Waals surface area contributed by atoms with Gasteiger partial charge in [-0.25, -0.2) is 0 Å². The van der Waals surface area contributed by atoms with E-state index in [4.69, 9.17) is 0 Å². The molecule has 1 aliphatic heterocycles. The van der Waals surface area contributed by atoms with Crippen LogP contribution >= 0.6 is 0 Å². The average Bonchev–Trinajstić information content (AvgIpc) is 2.49. The van der Waals surface area contributed by atoms with Crippen LogP contribution in [0.3, 0.4) is 0 Å². The first kappa shape index (κ1) is 9.49. The van der Waals surface area contributed by atoms with Gasteiger partial charge in [0, 0.05) is 0 Å². The molecule has 1 fully saturated rings. The van der Waals surface area contributed by atoms with Crippen LogP contribution in [0.5, 0.6) is 5.75 Å². The van der Waals surface area contributed by atoms with Crippen LogP contribution in [0.25, 0.3) is 0 Å². The van der Waals surface area contributed by atoms with Gasteiger partial charge in [0.05, 0.1) is 11.6 Å². The molecule has 1 saturated heterocycles. The number of hydrogen-bond acceptors (Lipinski definition) is 3. The van der Waals surface area contributed by atoms with E-state index in [9.17, 15) is 10.2 Å². The zero-order chi connectivity index (χ0) is 10.2. The fraction of sp³-hybridized carbons (Fsp3) is 0.455. The van der Waals surface area contributed by atoms with E-state index in [1.807, 2.05) is 13.0 Å². The molecule has 2 unspecified atom stereocenters. The number of rotatable bonds is 1. The molecule has 1 aromatic carbocycles. The van der Waals surface area contributed by atoms with E-state index in [1.54, 1.807) is 18.2 Å². The minimum atomic E-state index is -0.418. The quantitative estimate of drug-likeness (QED) is 0.622. The molecular formula is C11H15NO2. The predicted octanol–water partition coefficient (Wildman–Crippen LogP) is 0.962. The lowest BCUT2D eigenvalue weighted by Crippen LogP contribution is -2.41. The first-order chi connectivity index (χ1) is 6.63. The van der Waals surface area contributed by atoms with Crippen molar-refractivity contribution in [1.29, 1.82) is 0 Å². The van der Waals surface area contributed by atoms with Gasteiger partial charge in [0.25, 0.3) is 0 Å². The maximum absolute atomic E-state index is 9.85. The van der Waals surface area contributed by atoms with Gasteiger partial charge in [0.1, 0.15) is 5.75 Å². The number of phenolic OH excluding ortho intramolecular Hbond substituents is 1. The molecule has 14 heavy (non-hydrogen) atoms. The summed E-state index contributed by atoms with van der Waals surface area (Å²) in [5.41, 5.74) is 0.515. The molecule has 2 rings (SSSR count). The highest BCUT2D eigenvalue weighted by molar-refractivity contribution is 5.33. The van der Waals surface area contributed by atoms with Crippen molar-refractivity contribution in [2.24, 2.45) is 0 Å². The molecule has 1 aliphatic rings. The van der Waals surface area contributed by atoms with Gasteiger partial charge < -0.3 is 15.5 Å². The number of hydrogen-bond donors (Lipinski definition) is 3. The molecular weight excluding hydrogens is 178 g/mol. The Labute approximate surface area is 83.4 Å². The zero-order valence-electron chi connectivity index (χ0n) is 8.20. The standard InChI is InChI=1S/C11H15NO2/c1-11(10(14)5-6-12-11)8-3-2-4-9(13)7-8/h2-4,7,10,12-14H,5-6H2,1H3. The van der Waals surface area contributed by atoms with Gasteiger partial charge in [0.2, 0.25) is 0 Å². The van der Waals surface area contributed by atoms with Crippen LogP contribution in [-0.4, -0.2) is 22.9 Å². The summed E-state index contributed by atoms with van der Waals surface area (Å²) in [7, 11) is 0.